The highest BCUT2D eigenvalue weighted by Crippen LogP contribution is 2.53. The molecule has 5 rings (SSSR count). The maximum atomic E-state index is 6.17. The van der Waals surface area contributed by atoms with E-state index in [9.17, 15) is 0 Å². The van der Waals surface area contributed by atoms with Gasteiger partial charge in [-0.1, -0.05) is 52.6 Å². The van der Waals surface area contributed by atoms with Crippen LogP contribution < -0.4 is 0 Å². The van der Waals surface area contributed by atoms with Gasteiger partial charge in [0.15, 0.2) is 0 Å². The topological polar surface area (TPSA) is 29.3 Å². The highest BCUT2D eigenvalue weighted by Gasteiger charge is 2.49. The van der Waals surface area contributed by atoms with E-state index in [1.165, 1.54) is 18.4 Å². The number of hydrogen-bond acceptors (Lipinski definition) is 3. The zero-order valence-corrected chi connectivity index (χ0v) is 19.3. The molecule has 0 N–H and O–H groups in total. The Morgan fingerprint density at radius 3 is 2.27 bits per heavy atom. The minimum absolute atomic E-state index is 0. The number of halogens is 3. The van der Waals surface area contributed by atoms with Crippen LogP contribution in [-0.2, 0) is 0 Å². The summed E-state index contributed by atoms with van der Waals surface area (Å²) >= 11 is 12.3. The number of likely N-dealkylation sites (N-methyl/N-ethyl adjacent to an activating group) is 1. The Morgan fingerprint density at radius 1 is 0.967 bits per heavy atom. The van der Waals surface area contributed by atoms with E-state index in [4.69, 9.17) is 27.7 Å². The van der Waals surface area contributed by atoms with E-state index in [0.717, 1.165) is 39.0 Å². The molecule has 1 aromatic heterocycles. The summed E-state index contributed by atoms with van der Waals surface area (Å²) in [5, 5.41) is 5.90. The molecular weight excluding hydrogens is 439 g/mol. The molecule has 3 heterocycles. The van der Waals surface area contributed by atoms with Crippen LogP contribution in [0, 0.1) is 6.92 Å². The van der Waals surface area contributed by atoms with Gasteiger partial charge in [0.25, 0.3) is 0 Å². The molecule has 0 saturated carbocycles. The van der Waals surface area contributed by atoms with Crippen molar-refractivity contribution >= 4 is 35.6 Å². The Morgan fingerprint density at radius 2 is 1.60 bits per heavy atom. The van der Waals surface area contributed by atoms with Gasteiger partial charge in [0.2, 0.25) is 0 Å². The summed E-state index contributed by atoms with van der Waals surface area (Å²) < 4.78 is 6.06. The number of hydrogen-bond donors (Lipinski definition) is 0. The summed E-state index contributed by atoms with van der Waals surface area (Å²) in [6.07, 6.45) is 3.56. The van der Waals surface area contributed by atoms with E-state index in [1.54, 1.807) is 0 Å². The summed E-state index contributed by atoms with van der Waals surface area (Å²) in [5.41, 5.74) is 4.49. The average molecular weight is 464 g/mol. The largest absolute Gasteiger partial charge is 0.360 e. The monoisotopic (exact) mass is 462 g/mol. The van der Waals surface area contributed by atoms with Gasteiger partial charge in [-0.2, -0.15) is 0 Å². The molecule has 2 unspecified atom stereocenters. The minimum Gasteiger partial charge on any atom is -0.360 e. The van der Waals surface area contributed by atoms with Crippen molar-refractivity contribution in [1.82, 2.24) is 10.1 Å². The third-order valence-electron chi connectivity index (χ3n) is 6.89. The quantitative estimate of drug-likeness (QED) is 0.414. The molecule has 2 fully saturated rings. The first-order valence-corrected chi connectivity index (χ1v) is 11.0. The van der Waals surface area contributed by atoms with Crippen molar-refractivity contribution in [3.05, 3.63) is 75.6 Å². The normalized spacial score (nSPS) is 25.9. The predicted octanol–water partition coefficient (Wildman–Crippen LogP) is 7.11. The molecule has 30 heavy (non-hydrogen) atoms. The second-order valence-corrected chi connectivity index (χ2v) is 9.27. The third-order valence-corrected chi connectivity index (χ3v) is 7.40. The number of benzene rings is 2. The summed E-state index contributed by atoms with van der Waals surface area (Å²) in [5.74, 6) is 1.65. The van der Waals surface area contributed by atoms with Gasteiger partial charge in [-0.05, 0) is 74.5 Å². The first-order valence-electron chi connectivity index (χ1n) is 10.2. The lowest BCUT2D eigenvalue weighted by atomic mass is 9.73. The van der Waals surface area contributed by atoms with E-state index in [1.807, 2.05) is 31.2 Å². The molecule has 0 aliphatic carbocycles. The summed E-state index contributed by atoms with van der Waals surface area (Å²) in [4.78, 5) is 2.56. The molecule has 2 bridgehead atoms. The fourth-order valence-electron chi connectivity index (χ4n) is 5.46. The van der Waals surface area contributed by atoms with Crippen molar-refractivity contribution in [1.29, 1.82) is 0 Å². The van der Waals surface area contributed by atoms with Crippen LogP contribution >= 0.6 is 35.6 Å². The smallest absolute Gasteiger partial charge is 0.150 e. The van der Waals surface area contributed by atoms with Gasteiger partial charge < -0.3 is 4.52 Å². The fourth-order valence-corrected chi connectivity index (χ4v) is 5.71. The van der Waals surface area contributed by atoms with Crippen LogP contribution in [0.25, 0.3) is 11.1 Å². The number of aryl methyl sites for hydroxylation is 1. The summed E-state index contributed by atoms with van der Waals surface area (Å²) in [7, 11) is 2.26. The first-order chi connectivity index (χ1) is 14.0. The van der Waals surface area contributed by atoms with Gasteiger partial charge in [-0.15, -0.1) is 12.4 Å². The lowest BCUT2D eigenvalue weighted by Crippen LogP contribution is -2.44. The minimum atomic E-state index is 0. The fraction of sp³-hybridized carbons (Fsp3) is 0.375. The standard InChI is InChI=1S/C24H24Cl2N2O.ClH/c1-14-22(16-5-9-18(26)10-6-16)24(29-27-14)23-20(15-3-7-17(25)8-4-15)13-19-11-12-21(23)28(19)2;/h3-10,19-21,23H,11-13H2,1-2H3;1H/t19?,20-,21?,23+;/m1./s1. The first kappa shape index (κ1) is 21.7. The van der Waals surface area contributed by atoms with Gasteiger partial charge in [-0.25, -0.2) is 0 Å². The van der Waals surface area contributed by atoms with E-state index >= 15 is 0 Å². The van der Waals surface area contributed by atoms with Gasteiger partial charge in [0, 0.05) is 33.6 Å². The Balaban J connectivity index is 0.00000218. The Labute approximate surface area is 193 Å². The molecule has 0 radical (unpaired) electrons. The number of rotatable bonds is 3. The SMILES string of the molecule is Cc1noc([C@@H]2C3CCC(C[C@@H]2c2ccc(Cl)cc2)N3C)c1-c1ccc(Cl)cc1.Cl. The van der Waals surface area contributed by atoms with Crippen LogP contribution in [0.2, 0.25) is 10.0 Å². The van der Waals surface area contributed by atoms with Gasteiger partial charge >= 0.3 is 0 Å². The lowest BCUT2D eigenvalue weighted by molar-refractivity contribution is 0.122. The van der Waals surface area contributed by atoms with Crippen molar-refractivity contribution in [3.63, 3.8) is 0 Å². The number of fused-ring (bicyclic) bond motifs is 2. The van der Waals surface area contributed by atoms with Gasteiger partial charge in [0.05, 0.1) is 5.69 Å². The Bertz CT molecular complexity index is 1020. The maximum Gasteiger partial charge on any atom is 0.150 e. The molecule has 2 saturated heterocycles. The molecule has 2 aliphatic rings. The molecule has 2 aromatic carbocycles. The van der Waals surface area contributed by atoms with Crippen LogP contribution in [0.4, 0.5) is 0 Å². The molecule has 0 amide bonds. The molecular formula is C24H25Cl3N2O. The molecule has 3 aromatic rings. The number of nitrogens with zero attached hydrogens (tertiary/aromatic N) is 2. The second-order valence-electron chi connectivity index (χ2n) is 8.40. The van der Waals surface area contributed by atoms with Gasteiger partial charge in [-0.3, -0.25) is 4.90 Å². The zero-order valence-electron chi connectivity index (χ0n) is 17.0. The maximum absolute atomic E-state index is 6.17. The molecule has 158 valence electrons. The third kappa shape index (κ3) is 3.67. The van der Waals surface area contributed by atoms with Crippen molar-refractivity contribution in [2.45, 2.75) is 50.1 Å². The van der Waals surface area contributed by atoms with Crippen LogP contribution in [0.3, 0.4) is 0 Å². The van der Waals surface area contributed by atoms with Crippen LogP contribution in [0.15, 0.2) is 53.1 Å². The van der Waals surface area contributed by atoms with E-state index in [-0.39, 0.29) is 18.3 Å². The van der Waals surface area contributed by atoms with E-state index in [0.29, 0.717) is 18.0 Å². The summed E-state index contributed by atoms with van der Waals surface area (Å²) in [6.45, 7) is 2.03. The lowest BCUT2D eigenvalue weighted by Gasteiger charge is -2.42. The molecule has 4 atom stereocenters. The van der Waals surface area contributed by atoms with Crippen LogP contribution in [-0.4, -0.2) is 29.2 Å². The van der Waals surface area contributed by atoms with Crippen molar-refractivity contribution in [2.24, 2.45) is 0 Å². The van der Waals surface area contributed by atoms with E-state index < -0.39 is 0 Å². The highest BCUT2D eigenvalue weighted by atomic mass is 35.5. The predicted molar refractivity (Wildman–Crippen MR) is 125 cm³/mol. The van der Waals surface area contributed by atoms with Crippen molar-refractivity contribution in [2.75, 3.05) is 7.05 Å². The van der Waals surface area contributed by atoms with Crippen LogP contribution in [0.5, 0.6) is 0 Å². The van der Waals surface area contributed by atoms with E-state index in [2.05, 4.69) is 41.4 Å². The van der Waals surface area contributed by atoms with Crippen molar-refractivity contribution in [3.8, 4) is 11.1 Å². The molecule has 0 spiro atoms. The average Bonchev–Trinajstić information content (AvgIpc) is 3.19. The van der Waals surface area contributed by atoms with Crippen molar-refractivity contribution < 1.29 is 4.52 Å². The van der Waals surface area contributed by atoms with Crippen LogP contribution in [0.1, 0.15) is 48.1 Å². The Hall–Kier alpha value is -1.52. The Kier molecular flexibility index (Phi) is 6.18. The molecule has 3 nitrogen and oxygen atoms in total. The molecule has 2 aliphatic heterocycles. The van der Waals surface area contributed by atoms with Gasteiger partial charge in [0.1, 0.15) is 5.76 Å². The number of piperidine rings is 1. The number of aromatic nitrogens is 1. The second kappa shape index (κ2) is 8.55. The molecule has 6 heteroatoms. The zero-order chi connectivity index (χ0) is 20.1. The summed E-state index contributed by atoms with van der Waals surface area (Å²) in [6, 6.07) is 17.4. The highest BCUT2D eigenvalue weighted by molar-refractivity contribution is 6.30.